The minimum absolute atomic E-state index is 0.297. The van der Waals surface area contributed by atoms with E-state index in [1.807, 2.05) is 6.92 Å². The van der Waals surface area contributed by atoms with Gasteiger partial charge in [0.25, 0.3) is 0 Å². The number of sulfone groups is 1. The molecule has 0 saturated heterocycles. The SMILES string of the molecule is Cc1nnc(CNc2ccccc2S(C)(=O)=O)s1. The van der Waals surface area contributed by atoms with E-state index in [-0.39, 0.29) is 0 Å². The molecular formula is C11H13N3O2S2. The Morgan fingerprint density at radius 1 is 1.28 bits per heavy atom. The Morgan fingerprint density at radius 2 is 2.00 bits per heavy atom. The summed E-state index contributed by atoms with van der Waals surface area (Å²) in [6, 6.07) is 6.83. The van der Waals surface area contributed by atoms with Crippen LogP contribution in [0, 0.1) is 6.92 Å². The van der Waals surface area contributed by atoms with Gasteiger partial charge in [-0.25, -0.2) is 8.42 Å². The monoisotopic (exact) mass is 283 g/mol. The lowest BCUT2D eigenvalue weighted by Crippen LogP contribution is -2.05. The fraction of sp³-hybridized carbons (Fsp3) is 0.273. The fourth-order valence-corrected chi connectivity index (χ4v) is 3.03. The first-order valence-electron chi connectivity index (χ1n) is 5.29. The first-order valence-corrected chi connectivity index (χ1v) is 7.99. The van der Waals surface area contributed by atoms with Crippen molar-refractivity contribution in [3.8, 4) is 0 Å². The van der Waals surface area contributed by atoms with Crippen LogP contribution in [0.2, 0.25) is 0 Å². The normalized spacial score (nSPS) is 11.4. The van der Waals surface area contributed by atoms with E-state index in [0.29, 0.717) is 17.1 Å². The lowest BCUT2D eigenvalue weighted by Gasteiger charge is -2.08. The molecule has 0 atom stereocenters. The molecule has 0 unspecified atom stereocenters. The van der Waals surface area contributed by atoms with Crippen LogP contribution in [-0.2, 0) is 16.4 Å². The van der Waals surface area contributed by atoms with Crippen LogP contribution in [0.4, 0.5) is 5.69 Å². The fourth-order valence-electron chi connectivity index (χ4n) is 1.52. The van der Waals surface area contributed by atoms with Gasteiger partial charge in [0.1, 0.15) is 10.0 Å². The topological polar surface area (TPSA) is 72.0 Å². The van der Waals surface area contributed by atoms with E-state index in [9.17, 15) is 8.42 Å². The van der Waals surface area contributed by atoms with Crippen LogP contribution < -0.4 is 5.32 Å². The number of hydrogen-bond donors (Lipinski definition) is 1. The summed E-state index contributed by atoms with van der Waals surface area (Å²) < 4.78 is 23.2. The molecule has 18 heavy (non-hydrogen) atoms. The molecule has 0 radical (unpaired) electrons. The molecule has 0 aliphatic carbocycles. The summed E-state index contributed by atoms with van der Waals surface area (Å²) in [5.74, 6) is 0. The Bertz CT molecular complexity index is 650. The summed E-state index contributed by atoms with van der Waals surface area (Å²) in [7, 11) is -3.23. The maximum atomic E-state index is 11.6. The van der Waals surface area contributed by atoms with Crippen LogP contribution in [0.25, 0.3) is 0 Å². The van der Waals surface area contributed by atoms with Crippen molar-refractivity contribution in [1.82, 2.24) is 10.2 Å². The van der Waals surface area contributed by atoms with Crippen LogP contribution in [0.1, 0.15) is 10.0 Å². The molecule has 0 fully saturated rings. The van der Waals surface area contributed by atoms with Crippen LogP contribution in [0.5, 0.6) is 0 Å². The molecule has 96 valence electrons. The van der Waals surface area contributed by atoms with Crippen molar-refractivity contribution in [2.45, 2.75) is 18.4 Å². The lowest BCUT2D eigenvalue weighted by atomic mass is 10.3. The molecule has 0 aliphatic rings. The smallest absolute Gasteiger partial charge is 0.177 e. The zero-order valence-electron chi connectivity index (χ0n) is 10.0. The average Bonchev–Trinajstić information content (AvgIpc) is 2.72. The summed E-state index contributed by atoms with van der Waals surface area (Å²) in [6.07, 6.45) is 1.20. The van der Waals surface area contributed by atoms with E-state index in [2.05, 4.69) is 15.5 Å². The number of para-hydroxylation sites is 1. The van der Waals surface area contributed by atoms with Gasteiger partial charge in [0, 0.05) is 6.26 Å². The molecule has 1 N–H and O–H groups in total. The second-order valence-electron chi connectivity index (χ2n) is 3.84. The van der Waals surface area contributed by atoms with Crippen LogP contribution in [-0.4, -0.2) is 24.9 Å². The van der Waals surface area contributed by atoms with E-state index in [4.69, 9.17) is 0 Å². The zero-order chi connectivity index (χ0) is 13.2. The molecule has 0 aliphatic heterocycles. The standard InChI is InChI=1S/C11H13N3O2S2/c1-8-13-14-11(17-8)7-12-9-5-3-4-6-10(9)18(2,15)16/h3-6,12H,7H2,1-2H3. The number of nitrogens with zero attached hydrogens (tertiary/aromatic N) is 2. The van der Waals surface area contributed by atoms with Gasteiger partial charge >= 0.3 is 0 Å². The minimum Gasteiger partial charge on any atom is -0.377 e. The third kappa shape index (κ3) is 3.05. The van der Waals surface area contributed by atoms with Crippen LogP contribution in [0.3, 0.4) is 0 Å². The average molecular weight is 283 g/mol. The Balaban J connectivity index is 2.20. The number of aromatic nitrogens is 2. The Kier molecular flexibility index (Phi) is 3.63. The molecule has 2 rings (SSSR count). The third-order valence-corrected chi connectivity index (χ3v) is 4.28. The molecule has 1 heterocycles. The maximum Gasteiger partial charge on any atom is 0.177 e. The van der Waals surface area contributed by atoms with Gasteiger partial charge in [0.05, 0.1) is 17.1 Å². The zero-order valence-corrected chi connectivity index (χ0v) is 11.7. The highest BCUT2D eigenvalue weighted by Gasteiger charge is 2.12. The van der Waals surface area contributed by atoms with Gasteiger partial charge < -0.3 is 5.32 Å². The summed E-state index contributed by atoms with van der Waals surface area (Å²) >= 11 is 1.49. The summed E-state index contributed by atoms with van der Waals surface area (Å²) in [5, 5.41) is 12.7. The largest absolute Gasteiger partial charge is 0.377 e. The summed E-state index contributed by atoms with van der Waals surface area (Å²) in [6.45, 7) is 2.35. The van der Waals surface area contributed by atoms with Crippen molar-refractivity contribution in [2.24, 2.45) is 0 Å². The van der Waals surface area contributed by atoms with Crippen molar-refractivity contribution in [3.63, 3.8) is 0 Å². The minimum atomic E-state index is -3.23. The van der Waals surface area contributed by atoms with Crippen molar-refractivity contribution in [3.05, 3.63) is 34.3 Å². The second kappa shape index (κ2) is 5.03. The maximum absolute atomic E-state index is 11.6. The highest BCUT2D eigenvalue weighted by Crippen LogP contribution is 2.21. The lowest BCUT2D eigenvalue weighted by molar-refractivity contribution is 0.602. The van der Waals surface area contributed by atoms with Gasteiger partial charge in [0.2, 0.25) is 0 Å². The van der Waals surface area contributed by atoms with E-state index in [1.165, 1.54) is 17.6 Å². The van der Waals surface area contributed by atoms with E-state index >= 15 is 0 Å². The van der Waals surface area contributed by atoms with Crippen LogP contribution >= 0.6 is 11.3 Å². The van der Waals surface area contributed by atoms with Gasteiger partial charge in [-0.15, -0.1) is 10.2 Å². The molecule has 0 spiro atoms. The number of benzene rings is 1. The van der Waals surface area contributed by atoms with E-state index in [1.54, 1.807) is 24.3 Å². The van der Waals surface area contributed by atoms with Crippen LogP contribution in [0.15, 0.2) is 29.2 Å². The van der Waals surface area contributed by atoms with Crippen molar-refractivity contribution in [2.75, 3.05) is 11.6 Å². The van der Waals surface area contributed by atoms with E-state index < -0.39 is 9.84 Å². The summed E-state index contributed by atoms with van der Waals surface area (Å²) in [5.41, 5.74) is 0.591. The first kappa shape index (κ1) is 13.0. The predicted octanol–water partition coefficient (Wildman–Crippen LogP) is 1.86. The van der Waals surface area contributed by atoms with Crippen molar-refractivity contribution in [1.29, 1.82) is 0 Å². The Hall–Kier alpha value is -1.47. The van der Waals surface area contributed by atoms with Gasteiger partial charge in [-0.1, -0.05) is 23.5 Å². The second-order valence-corrected chi connectivity index (χ2v) is 7.09. The molecule has 0 saturated carbocycles. The third-order valence-electron chi connectivity index (χ3n) is 2.28. The van der Waals surface area contributed by atoms with Crippen molar-refractivity contribution < 1.29 is 8.42 Å². The van der Waals surface area contributed by atoms with E-state index in [0.717, 1.165) is 10.0 Å². The molecular weight excluding hydrogens is 270 g/mol. The number of aryl methyl sites for hydroxylation is 1. The molecule has 2 aromatic rings. The number of hydrogen-bond acceptors (Lipinski definition) is 6. The Morgan fingerprint density at radius 3 is 2.61 bits per heavy atom. The number of rotatable bonds is 4. The first-order chi connectivity index (χ1) is 8.47. The highest BCUT2D eigenvalue weighted by atomic mass is 32.2. The van der Waals surface area contributed by atoms with Gasteiger partial charge in [-0.3, -0.25) is 0 Å². The molecule has 7 heteroatoms. The molecule has 1 aromatic heterocycles. The van der Waals surface area contributed by atoms with Gasteiger partial charge in [-0.2, -0.15) is 0 Å². The van der Waals surface area contributed by atoms with Gasteiger partial charge in [0.15, 0.2) is 9.84 Å². The predicted molar refractivity (Wildman–Crippen MR) is 71.5 cm³/mol. The molecule has 1 aromatic carbocycles. The quantitative estimate of drug-likeness (QED) is 0.927. The molecule has 0 amide bonds. The summed E-state index contributed by atoms with van der Waals surface area (Å²) in [4.78, 5) is 0.297. The number of nitrogens with one attached hydrogen (secondary N) is 1. The highest BCUT2D eigenvalue weighted by molar-refractivity contribution is 7.90. The van der Waals surface area contributed by atoms with Gasteiger partial charge in [-0.05, 0) is 19.1 Å². The molecule has 5 nitrogen and oxygen atoms in total. The van der Waals surface area contributed by atoms with Crippen molar-refractivity contribution >= 4 is 26.9 Å². The Labute approximate surface area is 110 Å². The number of anilines is 1. The molecule has 0 bridgehead atoms.